The van der Waals surface area contributed by atoms with Crippen LogP contribution in [0.15, 0.2) is 30.3 Å². The highest BCUT2D eigenvalue weighted by Crippen LogP contribution is 2.39. The number of nitrogens with one attached hydrogen (secondary N) is 3. The second kappa shape index (κ2) is 15.9. The van der Waals surface area contributed by atoms with Crippen molar-refractivity contribution in [2.75, 3.05) is 45.6 Å². The van der Waals surface area contributed by atoms with E-state index in [0.717, 1.165) is 37.5 Å². The van der Waals surface area contributed by atoms with Crippen molar-refractivity contribution in [1.82, 2.24) is 25.8 Å². The molecule has 2 saturated heterocycles. The summed E-state index contributed by atoms with van der Waals surface area (Å²) < 4.78 is 29.6. The molecule has 1 aliphatic carbocycles. The van der Waals surface area contributed by atoms with E-state index < -0.39 is 56.3 Å². The molecule has 4 amide bonds. The van der Waals surface area contributed by atoms with Crippen molar-refractivity contribution >= 4 is 27.7 Å². The van der Waals surface area contributed by atoms with Gasteiger partial charge in [0.1, 0.15) is 6.04 Å². The average molecular weight is 692 g/mol. The fraction of sp³-hybridized carbons (Fsp3) is 0.743. The van der Waals surface area contributed by atoms with Gasteiger partial charge in [-0.25, -0.2) is 13.2 Å². The maximum absolute atomic E-state index is 14.1. The molecule has 0 aromatic heterocycles. The Kier molecular flexibility index (Phi) is 12.6. The molecule has 0 bridgehead atoms. The van der Waals surface area contributed by atoms with Gasteiger partial charge in [0.05, 0.1) is 36.1 Å². The maximum Gasteiger partial charge on any atom is 0.318 e. The van der Waals surface area contributed by atoms with Gasteiger partial charge >= 0.3 is 6.03 Å². The smallest absolute Gasteiger partial charge is 0.318 e. The monoisotopic (exact) mass is 691 g/mol. The number of hydrogen-bond donors (Lipinski definition) is 4. The lowest BCUT2D eigenvalue weighted by Crippen LogP contribution is -2.65. The summed E-state index contributed by atoms with van der Waals surface area (Å²) in [6.07, 6.45) is 5.41. The number of β-amino-alcohol motifs (C(OH)–C–C–N with tert-alkyl or cyclic N) is 1. The van der Waals surface area contributed by atoms with Crippen LogP contribution in [0.2, 0.25) is 0 Å². The highest BCUT2D eigenvalue weighted by atomic mass is 32.2. The van der Waals surface area contributed by atoms with Gasteiger partial charge < -0.3 is 30.7 Å². The fourth-order valence-electron chi connectivity index (χ4n) is 7.16. The molecule has 2 heterocycles. The van der Waals surface area contributed by atoms with Gasteiger partial charge in [0.2, 0.25) is 11.8 Å². The average Bonchev–Trinajstić information content (AvgIpc) is 3.02. The number of morpholine rings is 1. The molecule has 12 nitrogen and oxygen atoms in total. The number of likely N-dealkylation sites (tertiary alicyclic amines) is 1. The van der Waals surface area contributed by atoms with Crippen LogP contribution in [0.5, 0.6) is 0 Å². The van der Waals surface area contributed by atoms with Crippen LogP contribution in [0.25, 0.3) is 0 Å². The number of aliphatic hydroxyl groups excluding tert-OH is 1. The predicted octanol–water partition coefficient (Wildman–Crippen LogP) is 2.10. The summed E-state index contributed by atoms with van der Waals surface area (Å²) >= 11 is 0. The van der Waals surface area contributed by atoms with Crippen LogP contribution in [0.4, 0.5) is 4.79 Å². The van der Waals surface area contributed by atoms with Gasteiger partial charge in [-0.3, -0.25) is 14.5 Å². The van der Waals surface area contributed by atoms with E-state index in [0.29, 0.717) is 51.1 Å². The van der Waals surface area contributed by atoms with Crippen LogP contribution in [0.3, 0.4) is 0 Å². The van der Waals surface area contributed by atoms with Gasteiger partial charge in [-0.05, 0) is 71.3 Å². The van der Waals surface area contributed by atoms with Crippen molar-refractivity contribution in [3.05, 3.63) is 35.9 Å². The Bertz CT molecular complexity index is 1360. The molecule has 4 N–H and O–H groups in total. The van der Waals surface area contributed by atoms with Crippen LogP contribution in [-0.4, -0.2) is 121 Å². The molecule has 6 atom stereocenters. The molecule has 1 saturated carbocycles. The lowest BCUT2D eigenvalue weighted by Gasteiger charge is -2.47. The SMILES string of the molecule is CC(C)(C)NC(=O)C1C[C@@H]2CCCC[C@@H]2CN1CC(O)C(Cc1ccccc1)NC(=O)[C@@H](NC(=O)N1CCOCC1)C(C)(C)S(C)(=O)=O. The number of aliphatic hydroxyl groups is 1. The molecule has 3 unspecified atom stereocenters. The zero-order valence-electron chi connectivity index (χ0n) is 29.5. The number of urea groups is 1. The zero-order chi connectivity index (χ0) is 35.3. The first-order chi connectivity index (χ1) is 22.5. The van der Waals surface area contributed by atoms with Gasteiger partial charge in [0.25, 0.3) is 0 Å². The molecular formula is C35H57N5O7S. The largest absolute Gasteiger partial charge is 0.390 e. The van der Waals surface area contributed by atoms with Crippen molar-refractivity contribution in [2.45, 2.75) is 108 Å². The number of ether oxygens (including phenoxy) is 1. The van der Waals surface area contributed by atoms with E-state index in [4.69, 9.17) is 4.74 Å². The first-order valence-electron chi connectivity index (χ1n) is 17.4. The number of benzene rings is 1. The highest BCUT2D eigenvalue weighted by molar-refractivity contribution is 7.92. The Morgan fingerprint density at radius 3 is 2.21 bits per heavy atom. The summed E-state index contributed by atoms with van der Waals surface area (Å²) in [4.78, 5) is 44.6. The molecule has 2 aliphatic heterocycles. The third-order valence-electron chi connectivity index (χ3n) is 10.3. The van der Waals surface area contributed by atoms with Crippen LogP contribution < -0.4 is 16.0 Å². The van der Waals surface area contributed by atoms with E-state index >= 15 is 0 Å². The Labute approximate surface area is 286 Å². The highest BCUT2D eigenvalue weighted by Gasteiger charge is 2.46. The van der Waals surface area contributed by atoms with E-state index in [1.54, 1.807) is 0 Å². The first kappa shape index (κ1) is 38.1. The van der Waals surface area contributed by atoms with Crippen LogP contribution >= 0.6 is 0 Å². The molecule has 13 heteroatoms. The van der Waals surface area contributed by atoms with Crippen molar-refractivity contribution < 1.29 is 32.6 Å². The Hall–Kier alpha value is -2.74. The van der Waals surface area contributed by atoms with Crippen LogP contribution in [0.1, 0.15) is 72.3 Å². The fourth-order valence-corrected chi connectivity index (χ4v) is 7.76. The molecule has 4 rings (SSSR count). The van der Waals surface area contributed by atoms with E-state index in [2.05, 4.69) is 20.9 Å². The van der Waals surface area contributed by atoms with E-state index in [1.165, 1.54) is 18.7 Å². The molecule has 3 fully saturated rings. The number of rotatable bonds is 11. The number of hydrogen-bond acceptors (Lipinski definition) is 8. The molecule has 0 spiro atoms. The van der Waals surface area contributed by atoms with E-state index in [9.17, 15) is 27.9 Å². The summed E-state index contributed by atoms with van der Waals surface area (Å²) in [5, 5.41) is 20.7. The Morgan fingerprint density at radius 2 is 1.60 bits per heavy atom. The van der Waals surface area contributed by atoms with E-state index in [-0.39, 0.29) is 18.9 Å². The third-order valence-corrected chi connectivity index (χ3v) is 12.4. The van der Waals surface area contributed by atoms with Gasteiger partial charge in [0, 0.05) is 38.0 Å². The second-order valence-electron chi connectivity index (χ2n) is 15.5. The van der Waals surface area contributed by atoms with Gasteiger partial charge in [0.15, 0.2) is 9.84 Å². The van der Waals surface area contributed by atoms with E-state index in [1.807, 2.05) is 51.1 Å². The summed E-state index contributed by atoms with van der Waals surface area (Å²) in [5.41, 5.74) is 0.452. The number of carbonyl (C=O) groups excluding carboxylic acids is 3. The van der Waals surface area contributed by atoms with Crippen LogP contribution in [0, 0.1) is 11.8 Å². The molecule has 1 aromatic rings. The number of carbonyl (C=O) groups is 3. The lowest BCUT2D eigenvalue weighted by atomic mass is 9.72. The van der Waals surface area contributed by atoms with Crippen LogP contribution in [-0.2, 0) is 30.6 Å². The summed E-state index contributed by atoms with van der Waals surface area (Å²) in [6, 6.07) is 6.17. The normalized spacial score (nSPS) is 24.5. The first-order valence-corrected chi connectivity index (χ1v) is 19.3. The minimum atomic E-state index is -3.84. The zero-order valence-corrected chi connectivity index (χ0v) is 30.4. The molecule has 1 aromatic carbocycles. The molecule has 270 valence electrons. The number of fused-ring (bicyclic) bond motifs is 1. The van der Waals surface area contributed by atoms with Crippen molar-refractivity contribution in [1.29, 1.82) is 0 Å². The maximum atomic E-state index is 14.1. The molecule has 3 aliphatic rings. The lowest BCUT2D eigenvalue weighted by molar-refractivity contribution is -0.133. The van der Waals surface area contributed by atoms with Crippen molar-refractivity contribution in [3.8, 4) is 0 Å². The summed E-state index contributed by atoms with van der Waals surface area (Å²) in [7, 11) is -3.84. The minimum absolute atomic E-state index is 0.0665. The van der Waals surface area contributed by atoms with Crippen molar-refractivity contribution in [3.63, 3.8) is 0 Å². The van der Waals surface area contributed by atoms with Gasteiger partial charge in [-0.1, -0.05) is 49.6 Å². The standard InChI is InChI=1S/C35H57N5O7S/c1-34(2,3)38-31(42)28-21-25-14-10-11-15-26(25)22-40(28)23-29(41)27(20-24-12-8-7-9-13-24)36-32(43)30(35(4,5)48(6,45)46)37-33(44)39-16-18-47-19-17-39/h7-9,12-13,25-30,41H,10-11,14-23H2,1-6H3,(H,36,43)(H,37,44)(H,38,42)/t25-,26+,27?,28?,29?,30+/m0/s1. The molecular weight excluding hydrogens is 634 g/mol. The summed E-state index contributed by atoms with van der Waals surface area (Å²) in [5.74, 6) is 0.113. The number of nitrogens with zero attached hydrogens (tertiary/aromatic N) is 2. The predicted molar refractivity (Wildman–Crippen MR) is 185 cm³/mol. The van der Waals surface area contributed by atoms with Crippen molar-refractivity contribution in [2.24, 2.45) is 11.8 Å². The quantitative estimate of drug-likeness (QED) is 0.275. The summed E-state index contributed by atoms with van der Waals surface area (Å²) in [6.45, 7) is 10.8. The minimum Gasteiger partial charge on any atom is -0.390 e. The Morgan fingerprint density at radius 1 is 0.979 bits per heavy atom. The van der Waals surface area contributed by atoms with Gasteiger partial charge in [-0.2, -0.15) is 0 Å². The van der Waals surface area contributed by atoms with Gasteiger partial charge in [-0.15, -0.1) is 0 Å². The molecule has 0 radical (unpaired) electrons. The second-order valence-corrected chi connectivity index (χ2v) is 18.1. The topological polar surface area (TPSA) is 157 Å². The number of sulfone groups is 1. The number of piperidine rings is 1. The molecule has 48 heavy (non-hydrogen) atoms. The third kappa shape index (κ3) is 9.92. The number of amides is 4. The Balaban J connectivity index is 1.60.